The second-order valence-corrected chi connectivity index (χ2v) is 7.37. The molecule has 4 nitrogen and oxygen atoms in total. The predicted molar refractivity (Wildman–Crippen MR) is 98.8 cm³/mol. The number of amides is 1. The molecule has 0 unspecified atom stereocenters. The van der Waals surface area contributed by atoms with Gasteiger partial charge >= 0.3 is 6.09 Å². The van der Waals surface area contributed by atoms with Crippen molar-refractivity contribution in [2.24, 2.45) is 0 Å². The second kappa shape index (κ2) is 9.23. The summed E-state index contributed by atoms with van der Waals surface area (Å²) in [5, 5.41) is 2.80. The zero-order valence-electron chi connectivity index (χ0n) is 15.3. The van der Waals surface area contributed by atoms with E-state index >= 15 is 0 Å². The number of benzene rings is 1. The van der Waals surface area contributed by atoms with Crippen LogP contribution in [0.3, 0.4) is 0 Å². The van der Waals surface area contributed by atoms with Gasteiger partial charge in [0.25, 0.3) is 0 Å². The Bertz CT molecular complexity index is 543. The smallest absolute Gasteiger partial charge is 0.408 e. The Kier molecular flexibility index (Phi) is 6.74. The molecule has 2 heterocycles. The van der Waals surface area contributed by atoms with Crippen molar-refractivity contribution in [1.29, 1.82) is 0 Å². The van der Waals surface area contributed by atoms with Crippen molar-refractivity contribution in [3.63, 3.8) is 0 Å². The first-order valence-electron chi connectivity index (χ1n) is 9.93. The number of fused-ring (bicyclic) bond motifs is 1. The molecule has 1 aromatic carbocycles. The molecule has 2 aliphatic heterocycles. The molecule has 1 amide bonds. The number of hydrogen-bond donors (Lipinski definition) is 1. The molecular formula is C21H31NO3. The molecule has 138 valence electrons. The first-order valence-corrected chi connectivity index (χ1v) is 9.93. The average molecular weight is 345 g/mol. The molecule has 0 spiro atoms. The maximum absolute atomic E-state index is 11.3. The summed E-state index contributed by atoms with van der Waals surface area (Å²) in [7, 11) is 0. The van der Waals surface area contributed by atoms with Crippen molar-refractivity contribution in [2.75, 3.05) is 6.61 Å². The highest BCUT2D eigenvalue weighted by Gasteiger charge is 2.45. The van der Waals surface area contributed by atoms with E-state index in [9.17, 15) is 4.79 Å². The molecule has 0 aliphatic carbocycles. The summed E-state index contributed by atoms with van der Waals surface area (Å²) in [5.74, 6) is 0. The van der Waals surface area contributed by atoms with Crippen LogP contribution in [0.4, 0.5) is 4.79 Å². The fourth-order valence-electron chi connectivity index (χ4n) is 3.81. The lowest BCUT2D eigenvalue weighted by Crippen LogP contribution is -2.32. The van der Waals surface area contributed by atoms with Crippen molar-refractivity contribution in [1.82, 2.24) is 5.32 Å². The molecule has 1 N–H and O–H groups in total. The van der Waals surface area contributed by atoms with E-state index in [0.717, 1.165) is 12.8 Å². The SMILES string of the molecule is CCCCCCCCc1ccc(CC[C@@H]2OC[C@@H]3NC(=O)O[C@@H]32)cc1. The van der Waals surface area contributed by atoms with Crippen LogP contribution in [0.15, 0.2) is 24.3 Å². The highest BCUT2D eigenvalue weighted by atomic mass is 16.6. The highest BCUT2D eigenvalue weighted by Crippen LogP contribution is 2.26. The summed E-state index contributed by atoms with van der Waals surface area (Å²) in [6, 6.07) is 9.03. The van der Waals surface area contributed by atoms with Crippen molar-refractivity contribution < 1.29 is 14.3 Å². The van der Waals surface area contributed by atoms with Gasteiger partial charge in [0.05, 0.1) is 18.8 Å². The Hall–Kier alpha value is -1.55. The van der Waals surface area contributed by atoms with Crippen LogP contribution in [0, 0.1) is 0 Å². The number of carbonyl (C=O) groups excluding carboxylic acids is 1. The van der Waals surface area contributed by atoms with Gasteiger partial charge < -0.3 is 14.8 Å². The molecule has 0 bridgehead atoms. The number of hydrogen-bond acceptors (Lipinski definition) is 3. The number of nitrogens with one attached hydrogen (secondary N) is 1. The average Bonchev–Trinajstić information content (AvgIpc) is 3.16. The molecule has 2 saturated heterocycles. The van der Waals surface area contributed by atoms with Gasteiger partial charge in [-0.15, -0.1) is 0 Å². The van der Waals surface area contributed by atoms with E-state index in [2.05, 4.69) is 36.5 Å². The van der Waals surface area contributed by atoms with Crippen LogP contribution in [0.5, 0.6) is 0 Å². The third-order valence-corrected chi connectivity index (χ3v) is 5.36. The van der Waals surface area contributed by atoms with Gasteiger partial charge in [0, 0.05) is 0 Å². The number of unbranched alkanes of at least 4 members (excludes halogenated alkanes) is 5. The van der Waals surface area contributed by atoms with Crippen molar-refractivity contribution in [2.45, 2.75) is 83.0 Å². The van der Waals surface area contributed by atoms with Crippen LogP contribution in [-0.4, -0.2) is 30.9 Å². The van der Waals surface area contributed by atoms with E-state index in [4.69, 9.17) is 9.47 Å². The Morgan fingerprint density at radius 2 is 1.68 bits per heavy atom. The predicted octanol–water partition coefficient (Wildman–Crippen LogP) is 4.40. The third-order valence-electron chi connectivity index (χ3n) is 5.36. The van der Waals surface area contributed by atoms with Gasteiger partial charge in [-0.2, -0.15) is 0 Å². The van der Waals surface area contributed by atoms with E-state index in [1.165, 1.54) is 56.1 Å². The van der Waals surface area contributed by atoms with E-state index in [1.54, 1.807) is 0 Å². The van der Waals surface area contributed by atoms with Gasteiger partial charge in [-0.05, 0) is 36.8 Å². The van der Waals surface area contributed by atoms with Gasteiger partial charge in [0.2, 0.25) is 0 Å². The third kappa shape index (κ3) is 5.21. The zero-order valence-corrected chi connectivity index (χ0v) is 15.3. The number of ether oxygens (including phenoxy) is 2. The maximum atomic E-state index is 11.3. The Balaban J connectivity index is 1.36. The largest absolute Gasteiger partial charge is 0.441 e. The molecular weight excluding hydrogens is 314 g/mol. The lowest BCUT2D eigenvalue weighted by molar-refractivity contribution is 0.0304. The number of carbonyl (C=O) groups is 1. The molecule has 2 aliphatic rings. The lowest BCUT2D eigenvalue weighted by Gasteiger charge is -2.15. The van der Waals surface area contributed by atoms with E-state index in [-0.39, 0.29) is 24.3 Å². The van der Waals surface area contributed by atoms with Crippen molar-refractivity contribution >= 4 is 6.09 Å². The minimum Gasteiger partial charge on any atom is -0.441 e. The van der Waals surface area contributed by atoms with Crippen LogP contribution in [0.25, 0.3) is 0 Å². The van der Waals surface area contributed by atoms with Gasteiger partial charge in [-0.25, -0.2) is 4.79 Å². The Morgan fingerprint density at radius 3 is 2.44 bits per heavy atom. The highest BCUT2D eigenvalue weighted by molar-refractivity contribution is 5.70. The summed E-state index contributed by atoms with van der Waals surface area (Å²) in [6.45, 7) is 2.83. The van der Waals surface area contributed by atoms with Gasteiger partial charge in [0.1, 0.15) is 0 Å². The number of rotatable bonds is 10. The summed E-state index contributed by atoms with van der Waals surface area (Å²) >= 11 is 0. The fourth-order valence-corrected chi connectivity index (χ4v) is 3.81. The van der Waals surface area contributed by atoms with E-state index < -0.39 is 0 Å². The monoisotopic (exact) mass is 345 g/mol. The Labute approximate surface area is 151 Å². The minimum absolute atomic E-state index is 0.0201. The normalized spacial score (nSPS) is 24.8. The number of aryl methyl sites for hydroxylation is 2. The molecule has 0 aromatic heterocycles. The van der Waals surface area contributed by atoms with Crippen molar-refractivity contribution in [3.8, 4) is 0 Å². The fraction of sp³-hybridized carbons (Fsp3) is 0.667. The lowest BCUT2D eigenvalue weighted by atomic mass is 9.99. The van der Waals surface area contributed by atoms with Crippen LogP contribution >= 0.6 is 0 Å². The minimum atomic E-state index is -0.303. The van der Waals surface area contributed by atoms with Crippen LogP contribution in [0.2, 0.25) is 0 Å². The second-order valence-electron chi connectivity index (χ2n) is 7.37. The maximum Gasteiger partial charge on any atom is 0.408 e. The standard InChI is InChI=1S/C21H31NO3/c1-2-3-4-5-6-7-8-16-9-11-17(12-10-16)13-14-19-20-18(15-24-19)22-21(23)25-20/h9-12,18-20H,2-8,13-15H2,1H3,(H,22,23)/t18-,19-,20-/m0/s1. The van der Waals surface area contributed by atoms with Gasteiger partial charge in [0.15, 0.2) is 6.10 Å². The first kappa shape index (κ1) is 18.2. The van der Waals surface area contributed by atoms with Crippen molar-refractivity contribution in [3.05, 3.63) is 35.4 Å². The molecule has 4 heteroatoms. The van der Waals surface area contributed by atoms with E-state index in [0.29, 0.717) is 6.61 Å². The van der Waals surface area contributed by atoms with Gasteiger partial charge in [-0.3, -0.25) is 0 Å². The Morgan fingerprint density at radius 1 is 1.00 bits per heavy atom. The summed E-state index contributed by atoms with van der Waals surface area (Å²) < 4.78 is 11.1. The molecule has 3 rings (SSSR count). The quantitative estimate of drug-likeness (QED) is 0.640. The summed E-state index contributed by atoms with van der Waals surface area (Å²) in [4.78, 5) is 11.3. The molecule has 0 radical (unpaired) electrons. The van der Waals surface area contributed by atoms with E-state index in [1.807, 2.05) is 0 Å². The first-order chi connectivity index (χ1) is 12.3. The summed E-state index contributed by atoms with van der Waals surface area (Å²) in [5.41, 5.74) is 2.77. The molecule has 3 atom stereocenters. The zero-order chi connectivity index (χ0) is 17.5. The number of alkyl carbamates (subject to hydrolysis) is 1. The van der Waals surface area contributed by atoms with Gasteiger partial charge in [-0.1, -0.05) is 63.3 Å². The van der Waals surface area contributed by atoms with Crippen LogP contribution in [-0.2, 0) is 22.3 Å². The topological polar surface area (TPSA) is 47.6 Å². The molecule has 2 fully saturated rings. The summed E-state index contributed by atoms with van der Waals surface area (Å²) in [6.07, 6.45) is 10.7. The van der Waals surface area contributed by atoms with Crippen LogP contribution in [0.1, 0.15) is 63.0 Å². The van der Waals surface area contributed by atoms with Crippen LogP contribution < -0.4 is 5.32 Å². The molecule has 1 aromatic rings. The molecule has 25 heavy (non-hydrogen) atoms. The molecule has 0 saturated carbocycles.